The van der Waals surface area contributed by atoms with Gasteiger partial charge in [-0.2, -0.15) is 5.10 Å². The number of hydrogen-bond donors (Lipinski definition) is 2. The number of aliphatic imine (C=N–C) groups is 1. The molecule has 2 heterocycles. The Morgan fingerprint density at radius 1 is 1.32 bits per heavy atom. The molecule has 0 fully saturated rings. The zero-order valence-electron chi connectivity index (χ0n) is 19.2. The number of hydrogen-bond acceptors (Lipinski definition) is 4. The van der Waals surface area contributed by atoms with Gasteiger partial charge in [-0.15, -0.1) is 24.0 Å². The fourth-order valence-corrected chi connectivity index (χ4v) is 3.75. The van der Waals surface area contributed by atoms with E-state index < -0.39 is 0 Å². The van der Waals surface area contributed by atoms with Crippen LogP contribution in [0.5, 0.6) is 0 Å². The first-order chi connectivity index (χ1) is 14.4. The molecule has 0 saturated heterocycles. The summed E-state index contributed by atoms with van der Waals surface area (Å²) >= 11 is 0. The van der Waals surface area contributed by atoms with Crippen LogP contribution in [0.15, 0.2) is 23.2 Å². The molecule has 9 heteroatoms. The molecule has 7 nitrogen and oxygen atoms in total. The van der Waals surface area contributed by atoms with E-state index in [-0.39, 0.29) is 35.8 Å². The Balaban J connectivity index is 0.00000341. The molecule has 0 bridgehead atoms. The maximum atomic E-state index is 14.5. The molecular weight excluding hydrogens is 508 g/mol. The highest BCUT2D eigenvalue weighted by Crippen LogP contribution is 2.20. The molecule has 0 saturated carbocycles. The van der Waals surface area contributed by atoms with Gasteiger partial charge in [0.15, 0.2) is 11.8 Å². The van der Waals surface area contributed by atoms with Crippen molar-refractivity contribution in [1.29, 1.82) is 0 Å². The Bertz CT molecular complexity index is 877. The number of aryl methyl sites for hydroxylation is 1. The minimum atomic E-state index is -0.187. The molecule has 1 aromatic carbocycles. The Morgan fingerprint density at radius 3 is 2.68 bits per heavy atom. The van der Waals surface area contributed by atoms with E-state index in [0.717, 1.165) is 49.7 Å². The third-order valence-electron chi connectivity index (χ3n) is 5.53. The molecular formula is C22H35FIN7. The molecule has 1 aliphatic rings. The molecule has 1 atom stereocenters. The minimum absolute atomic E-state index is 0. The summed E-state index contributed by atoms with van der Waals surface area (Å²) in [6.45, 7) is 11.1. The second-order valence-corrected chi connectivity index (χ2v) is 7.99. The van der Waals surface area contributed by atoms with Crippen LogP contribution < -0.4 is 15.5 Å². The third-order valence-corrected chi connectivity index (χ3v) is 5.53. The van der Waals surface area contributed by atoms with Gasteiger partial charge in [0.25, 0.3) is 0 Å². The second kappa shape index (κ2) is 11.6. The number of benzene rings is 1. The van der Waals surface area contributed by atoms with Gasteiger partial charge >= 0.3 is 0 Å². The lowest BCUT2D eigenvalue weighted by molar-refractivity contribution is 0.391. The van der Waals surface area contributed by atoms with Crippen molar-refractivity contribution in [2.45, 2.75) is 65.6 Å². The highest BCUT2D eigenvalue weighted by atomic mass is 127. The number of nitrogens with zero attached hydrogens (tertiary/aromatic N) is 5. The van der Waals surface area contributed by atoms with Crippen molar-refractivity contribution in [2.24, 2.45) is 4.99 Å². The average molecular weight is 543 g/mol. The topological polar surface area (TPSA) is 70.4 Å². The van der Waals surface area contributed by atoms with Crippen molar-refractivity contribution < 1.29 is 4.39 Å². The quantitative estimate of drug-likeness (QED) is 0.317. The second-order valence-electron chi connectivity index (χ2n) is 7.99. The number of nitrogens with one attached hydrogen (secondary N) is 2. The monoisotopic (exact) mass is 543 g/mol. The first-order valence-electron chi connectivity index (χ1n) is 10.9. The normalized spacial score (nSPS) is 16.0. The summed E-state index contributed by atoms with van der Waals surface area (Å²) in [6, 6.07) is 5.65. The first kappa shape index (κ1) is 25.4. The van der Waals surface area contributed by atoms with Crippen LogP contribution in [0.2, 0.25) is 0 Å². The Labute approximate surface area is 201 Å². The molecule has 1 aliphatic heterocycles. The minimum Gasteiger partial charge on any atom is -0.370 e. The summed E-state index contributed by atoms with van der Waals surface area (Å²) < 4.78 is 16.5. The van der Waals surface area contributed by atoms with E-state index >= 15 is 0 Å². The predicted molar refractivity (Wildman–Crippen MR) is 135 cm³/mol. The molecule has 0 aliphatic carbocycles. The van der Waals surface area contributed by atoms with Crippen molar-refractivity contribution in [3.63, 3.8) is 0 Å². The van der Waals surface area contributed by atoms with Gasteiger partial charge in [-0.1, -0.05) is 19.9 Å². The molecule has 3 rings (SSSR count). The fraction of sp³-hybridized carbons (Fsp3) is 0.591. The average Bonchev–Trinajstić information content (AvgIpc) is 3.17. The first-order valence-corrected chi connectivity index (χ1v) is 10.9. The van der Waals surface area contributed by atoms with Crippen LogP contribution >= 0.6 is 24.0 Å². The summed E-state index contributed by atoms with van der Waals surface area (Å²) in [4.78, 5) is 11.0. The number of aromatic nitrogens is 3. The van der Waals surface area contributed by atoms with Crippen molar-refractivity contribution in [3.05, 3.63) is 41.2 Å². The van der Waals surface area contributed by atoms with Gasteiger partial charge < -0.3 is 15.5 Å². The van der Waals surface area contributed by atoms with E-state index in [0.29, 0.717) is 24.1 Å². The van der Waals surface area contributed by atoms with Gasteiger partial charge in [-0.3, -0.25) is 4.99 Å². The highest BCUT2D eigenvalue weighted by Gasteiger charge is 2.23. The molecule has 1 unspecified atom stereocenters. The number of guanidine groups is 1. The lowest BCUT2D eigenvalue weighted by Gasteiger charge is -2.25. The predicted octanol–water partition coefficient (Wildman–Crippen LogP) is 3.68. The smallest absolute Gasteiger partial charge is 0.191 e. The Morgan fingerprint density at radius 2 is 2.06 bits per heavy atom. The zero-order chi connectivity index (χ0) is 21.7. The molecule has 0 amide bonds. The maximum absolute atomic E-state index is 14.5. The van der Waals surface area contributed by atoms with Crippen LogP contribution in [0.1, 0.15) is 57.2 Å². The van der Waals surface area contributed by atoms with Crippen LogP contribution in [0.25, 0.3) is 0 Å². The Hall–Kier alpha value is -1.91. The third kappa shape index (κ3) is 6.30. The lowest BCUT2D eigenvalue weighted by atomic mass is 10.1. The van der Waals surface area contributed by atoms with Crippen molar-refractivity contribution in [2.75, 3.05) is 25.0 Å². The van der Waals surface area contributed by atoms with E-state index in [1.165, 1.54) is 0 Å². The Kier molecular flexibility index (Phi) is 9.52. The van der Waals surface area contributed by atoms with Crippen molar-refractivity contribution >= 4 is 35.6 Å². The standard InChI is InChI=1S/C22H34FN7.HI/c1-6-29(7-2)19-10-8-16(12-18(19)23)13-25-22(24-5)26-17-9-11-20-27-21(15(3)4)28-30(20)14-17;/h8,10,12,15,17H,6-7,9,11,13-14H2,1-5H3,(H2,24,25,26);1H. The largest absolute Gasteiger partial charge is 0.370 e. The molecule has 2 aromatic rings. The van der Waals surface area contributed by atoms with Gasteiger partial charge in [-0.05, 0) is 38.0 Å². The molecule has 0 radical (unpaired) electrons. The van der Waals surface area contributed by atoms with Crippen molar-refractivity contribution in [3.8, 4) is 0 Å². The number of halogens is 2. The molecule has 2 N–H and O–H groups in total. The van der Waals surface area contributed by atoms with Crippen LogP contribution in [-0.2, 0) is 19.5 Å². The zero-order valence-corrected chi connectivity index (χ0v) is 21.5. The summed E-state index contributed by atoms with van der Waals surface area (Å²) in [5.74, 6) is 2.82. The van der Waals surface area contributed by atoms with E-state index in [9.17, 15) is 4.39 Å². The van der Waals surface area contributed by atoms with Crippen LogP contribution in [0, 0.1) is 5.82 Å². The van der Waals surface area contributed by atoms with Gasteiger partial charge in [0.2, 0.25) is 0 Å². The van der Waals surface area contributed by atoms with Crippen LogP contribution in [0.4, 0.5) is 10.1 Å². The van der Waals surface area contributed by atoms with Crippen LogP contribution in [-0.4, -0.2) is 46.9 Å². The van der Waals surface area contributed by atoms with Gasteiger partial charge in [0.05, 0.1) is 12.2 Å². The summed E-state index contributed by atoms with van der Waals surface area (Å²) in [6.07, 6.45) is 1.87. The van der Waals surface area contributed by atoms with E-state index in [1.807, 2.05) is 35.6 Å². The van der Waals surface area contributed by atoms with E-state index in [1.54, 1.807) is 13.1 Å². The maximum Gasteiger partial charge on any atom is 0.191 e. The number of rotatable bonds is 7. The van der Waals surface area contributed by atoms with Gasteiger partial charge in [0, 0.05) is 45.1 Å². The van der Waals surface area contributed by atoms with Gasteiger partial charge in [-0.25, -0.2) is 14.1 Å². The highest BCUT2D eigenvalue weighted by molar-refractivity contribution is 14.0. The van der Waals surface area contributed by atoms with E-state index in [4.69, 9.17) is 0 Å². The molecule has 31 heavy (non-hydrogen) atoms. The summed E-state index contributed by atoms with van der Waals surface area (Å²) in [5.41, 5.74) is 1.54. The fourth-order valence-electron chi connectivity index (χ4n) is 3.75. The number of anilines is 1. The SMILES string of the molecule is CCN(CC)c1ccc(CNC(=NC)NC2CCc3nc(C(C)C)nn3C2)cc1F.I. The summed E-state index contributed by atoms with van der Waals surface area (Å²) in [5, 5.41) is 11.4. The van der Waals surface area contributed by atoms with Crippen LogP contribution in [0.3, 0.4) is 0 Å². The molecule has 0 spiro atoms. The molecule has 172 valence electrons. The summed E-state index contributed by atoms with van der Waals surface area (Å²) in [7, 11) is 1.75. The molecule has 1 aromatic heterocycles. The van der Waals surface area contributed by atoms with E-state index in [2.05, 4.69) is 39.6 Å². The number of fused-ring (bicyclic) bond motifs is 1. The van der Waals surface area contributed by atoms with Gasteiger partial charge in [0.1, 0.15) is 11.6 Å². The van der Waals surface area contributed by atoms with Crippen molar-refractivity contribution in [1.82, 2.24) is 25.4 Å². The lowest BCUT2D eigenvalue weighted by Crippen LogP contribution is -2.46.